The van der Waals surface area contributed by atoms with Crippen molar-refractivity contribution in [2.24, 2.45) is 5.73 Å². The third-order valence-electron chi connectivity index (χ3n) is 4.28. The molecule has 26 heavy (non-hydrogen) atoms. The maximum Gasteiger partial charge on any atom is 0.263 e. The van der Waals surface area contributed by atoms with E-state index in [0.717, 1.165) is 42.2 Å². The minimum absolute atomic E-state index is 0.0250. The quantitative estimate of drug-likeness (QED) is 0.909. The number of hydrogen-bond acceptors (Lipinski definition) is 5. The molecule has 142 valence electrons. The van der Waals surface area contributed by atoms with E-state index >= 15 is 0 Å². The van der Waals surface area contributed by atoms with E-state index in [1.165, 1.54) is 0 Å². The Morgan fingerprint density at radius 2 is 1.92 bits per heavy atom. The molecule has 6 heteroatoms. The lowest BCUT2D eigenvalue weighted by molar-refractivity contribution is 0.340. The van der Waals surface area contributed by atoms with Crippen LogP contribution >= 0.6 is 0 Å². The predicted octanol–water partition coefficient (Wildman–Crippen LogP) is 3.06. The molecule has 1 aliphatic rings. The molecular weight excluding hydrogens is 328 g/mol. The van der Waals surface area contributed by atoms with Crippen LogP contribution in [-0.4, -0.2) is 29.8 Å². The lowest BCUT2D eigenvalue weighted by Gasteiger charge is -2.28. The van der Waals surface area contributed by atoms with Gasteiger partial charge in [0, 0.05) is 13.6 Å². The molecule has 0 aliphatic carbocycles. The van der Waals surface area contributed by atoms with Gasteiger partial charge in [0.1, 0.15) is 17.4 Å². The standard InChI is InChI=1S/C18H24N4O2.C2H6/c1-4-24-14-9-7-13(8-10-14)22-16(12(2)19)20-17-15(18(22)23)6-5-11-21(17)3;1-2/h7-10,12H,4-6,11,19H2,1-3H3;1-2H3. The van der Waals surface area contributed by atoms with Crippen molar-refractivity contribution in [2.75, 3.05) is 25.1 Å². The van der Waals surface area contributed by atoms with Gasteiger partial charge in [-0.05, 0) is 51.0 Å². The van der Waals surface area contributed by atoms with Crippen LogP contribution in [0.3, 0.4) is 0 Å². The van der Waals surface area contributed by atoms with Gasteiger partial charge in [0.15, 0.2) is 0 Å². The van der Waals surface area contributed by atoms with Gasteiger partial charge in [0.25, 0.3) is 5.56 Å². The maximum atomic E-state index is 13.1. The van der Waals surface area contributed by atoms with Crippen LogP contribution in [0, 0.1) is 0 Å². The molecule has 1 unspecified atom stereocenters. The normalized spacial score (nSPS) is 14.2. The van der Waals surface area contributed by atoms with Crippen molar-refractivity contribution in [1.82, 2.24) is 9.55 Å². The topological polar surface area (TPSA) is 73.4 Å². The van der Waals surface area contributed by atoms with Crippen molar-refractivity contribution < 1.29 is 4.74 Å². The smallest absolute Gasteiger partial charge is 0.263 e. The number of aromatic nitrogens is 2. The number of fused-ring (bicyclic) bond motifs is 1. The minimum Gasteiger partial charge on any atom is -0.494 e. The maximum absolute atomic E-state index is 13.1. The number of rotatable bonds is 4. The summed E-state index contributed by atoms with van der Waals surface area (Å²) in [6.07, 6.45) is 1.71. The summed E-state index contributed by atoms with van der Waals surface area (Å²) in [6, 6.07) is 7.13. The molecule has 0 spiro atoms. The van der Waals surface area contributed by atoms with Gasteiger partial charge in [-0.3, -0.25) is 9.36 Å². The summed E-state index contributed by atoms with van der Waals surface area (Å²) in [5.74, 6) is 2.12. The van der Waals surface area contributed by atoms with Crippen LogP contribution in [0.5, 0.6) is 5.75 Å². The first kappa shape index (κ1) is 20.0. The summed E-state index contributed by atoms with van der Waals surface area (Å²) in [5.41, 5.74) is 7.62. The largest absolute Gasteiger partial charge is 0.494 e. The van der Waals surface area contributed by atoms with Gasteiger partial charge < -0.3 is 15.4 Å². The fourth-order valence-corrected chi connectivity index (χ4v) is 3.11. The van der Waals surface area contributed by atoms with Crippen LogP contribution < -0.4 is 20.9 Å². The minimum atomic E-state index is -0.343. The summed E-state index contributed by atoms with van der Waals surface area (Å²) in [7, 11) is 1.97. The number of ether oxygens (including phenoxy) is 1. The number of hydrogen-bond donors (Lipinski definition) is 1. The third kappa shape index (κ3) is 3.90. The molecule has 1 aromatic heterocycles. The van der Waals surface area contributed by atoms with Crippen LogP contribution in [0.1, 0.15) is 51.5 Å². The summed E-state index contributed by atoms with van der Waals surface area (Å²) in [6.45, 7) is 9.31. The van der Waals surface area contributed by atoms with E-state index in [9.17, 15) is 4.79 Å². The lowest BCUT2D eigenvalue weighted by atomic mass is 10.1. The first-order valence-corrected chi connectivity index (χ1v) is 9.38. The summed E-state index contributed by atoms with van der Waals surface area (Å²) < 4.78 is 7.11. The summed E-state index contributed by atoms with van der Waals surface area (Å²) in [5, 5.41) is 0. The fraction of sp³-hybridized carbons (Fsp3) is 0.500. The second-order valence-corrected chi connectivity index (χ2v) is 6.15. The van der Waals surface area contributed by atoms with Gasteiger partial charge in [-0.25, -0.2) is 4.98 Å². The van der Waals surface area contributed by atoms with E-state index in [2.05, 4.69) is 0 Å². The van der Waals surface area contributed by atoms with Crippen molar-refractivity contribution in [1.29, 1.82) is 0 Å². The molecule has 0 saturated carbocycles. The van der Waals surface area contributed by atoms with Crippen LogP contribution in [0.25, 0.3) is 5.69 Å². The van der Waals surface area contributed by atoms with Crippen molar-refractivity contribution in [3.63, 3.8) is 0 Å². The molecule has 0 bridgehead atoms. The van der Waals surface area contributed by atoms with Gasteiger partial charge in [-0.1, -0.05) is 13.8 Å². The van der Waals surface area contributed by atoms with E-state index in [1.807, 2.05) is 63.9 Å². The van der Waals surface area contributed by atoms with Gasteiger partial charge in [-0.2, -0.15) is 0 Å². The fourth-order valence-electron chi connectivity index (χ4n) is 3.11. The van der Waals surface area contributed by atoms with Gasteiger partial charge >= 0.3 is 0 Å². The van der Waals surface area contributed by atoms with Crippen molar-refractivity contribution in [3.05, 3.63) is 46.0 Å². The molecule has 1 aliphatic heterocycles. The Labute approximate surface area is 155 Å². The molecule has 1 aromatic carbocycles. The Morgan fingerprint density at radius 1 is 1.27 bits per heavy atom. The molecule has 2 heterocycles. The highest BCUT2D eigenvalue weighted by Gasteiger charge is 2.24. The Kier molecular flexibility index (Phi) is 6.80. The Morgan fingerprint density at radius 3 is 2.50 bits per heavy atom. The lowest BCUT2D eigenvalue weighted by Crippen LogP contribution is -2.36. The first-order valence-electron chi connectivity index (χ1n) is 9.38. The van der Waals surface area contributed by atoms with E-state index in [-0.39, 0.29) is 11.6 Å². The Bertz CT molecular complexity index is 782. The highest BCUT2D eigenvalue weighted by molar-refractivity contribution is 5.50. The van der Waals surface area contributed by atoms with E-state index in [1.54, 1.807) is 4.57 Å². The highest BCUT2D eigenvalue weighted by atomic mass is 16.5. The molecule has 0 radical (unpaired) electrons. The second kappa shape index (κ2) is 8.85. The predicted molar refractivity (Wildman–Crippen MR) is 107 cm³/mol. The number of nitrogens with zero attached hydrogens (tertiary/aromatic N) is 3. The molecule has 0 fully saturated rings. The molecule has 2 N–H and O–H groups in total. The number of nitrogens with two attached hydrogens (primary N) is 1. The van der Waals surface area contributed by atoms with Crippen LogP contribution in [0.4, 0.5) is 5.82 Å². The van der Waals surface area contributed by atoms with Crippen LogP contribution in [-0.2, 0) is 6.42 Å². The number of benzene rings is 1. The zero-order valence-corrected chi connectivity index (χ0v) is 16.5. The van der Waals surface area contributed by atoms with Gasteiger partial charge in [-0.15, -0.1) is 0 Å². The zero-order chi connectivity index (χ0) is 19.3. The van der Waals surface area contributed by atoms with Crippen LogP contribution in [0.15, 0.2) is 29.1 Å². The summed E-state index contributed by atoms with van der Waals surface area (Å²) >= 11 is 0. The Hall–Kier alpha value is -2.34. The molecule has 6 nitrogen and oxygen atoms in total. The molecule has 3 rings (SSSR count). The average molecular weight is 358 g/mol. The van der Waals surface area contributed by atoms with Crippen molar-refractivity contribution in [2.45, 2.75) is 46.6 Å². The molecule has 2 aromatic rings. The van der Waals surface area contributed by atoms with E-state index in [0.29, 0.717) is 12.4 Å². The SMILES string of the molecule is CC.CCOc1ccc(-n2c(C(C)N)nc3c(c2=O)CCCN3C)cc1. The van der Waals surface area contributed by atoms with Crippen molar-refractivity contribution >= 4 is 5.82 Å². The second-order valence-electron chi connectivity index (χ2n) is 6.15. The Balaban J connectivity index is 0.00000117. The van der Waals surface area contributed by atoms with Crippen molar-refractivity contribution in [3.8, 4) is 11.4 Å². The van der Waals surface area contributed by atoms with E-state index in [4.69, 9.17) is 15.5 Å². The zero-order valence-electron chi connectivity index (χ0n) is 16.5. The summed E-state index contributed by atoms with van der Waals surface area (Å²) in [4.78, 5) is 19.9. The van der Waals surface area contributed by atoms with Crippen LogP contribution in [0.2, 0.25) is 0 Å². The monoisotopic (exact) mass is 358 g/mol. The molecule has 1 atom stereocenters. The third-order valence-corrected chi connectivity index (χ3v) is 4.28. The van der Waals surface area contributed by atoms with Gasteiger partial charge in [0.2, 0.25) is 0 Å². The van der Waals surface area contributed by atoms with Gasteiger partial charge in [0.05, 0.1) is 23.9 Å². The molecule has 0 amide bonds. The average Bonchev–Trinajstić information content (AvgIpc) is 2.65. The number of anilines is 1. The van der Waals surface area contributed by atoms with E-state index < -0.39 is 0 Å². The highest BCUT2D eigenvalue weighted by Crippen LogP contribution is 2.24. The molecular formula is C20H30N4O2. The first-order chi connectivity index (χ1) is 12.5. The molecule has 0 saturated heterocycles.